The molecule has 1 aromatic rings. The van der Waals surface area contributed by atoms with Crippen molar-refractivity contribution in [1.82, 2.24) is 14.8 Å². The van der Waals surface area contributed by atoms with E-state index in [2.05, 4.69) is 14.8 Å². The monoisotopic (exact) mass is 396 g/mol. The fraction of sp³-hybridized carbons (Fsp3) is 0.750. The predicted molar refractivity (Wildman–Crippen MR) is 115 cm³/mol. The van der Waals surface area contributed by atoms with Crippen molar-refractivity contribution in [1.29, 1.82) is 0 Å². The Morgan fingerprint density at radius 2 is 1.86 bits per heavy atom. The van der Waals surface area contributed by atoms with Crippen LogP contribution in [0.25, 0.3) is 0 Å². The summed E-state index contributed by atoms with van der Waals surface area (Å²) in [6.45, 7) is 3.11. The van der Waals surface area contributed by atoms with Crippen LogP contribution in [-0.2, 0) is 0 Å². The van der Waals surface area contributed by atoms with E-state index in [9.17, 15) is 4.79 Å². The number of nitrogens with zero attached hydrogens (tertiary/aromatic N) is 3. The van der Waals surface area contributed by atoms with Gasteiger partial charge >= 0.3 is 0 Å². The third-order valence-corrected chi connectivity index (χ3v) is 8.24. The van der Waals surface area contributed by atoms with Gasteiger partial charge < -0.3 is 10.6 Å². The van der Waals surface area contributed by atoms with Crippen LogP contribution in [0.3, 0.4) is 0 Å². The van der Waals surface area contributed by atoms with Crippen molar-refractivity contribution in [2.24, 2.45) is 17.8 Å². The molecule has 158 valence electrons. The maximum atomic E-state index is 13.3. The average molecular weight is 397 g/mol. The summed E-state index contributed by atoms with van der Waals surface area (Å²) in [5.74, 6) is 2.75. The number of nitrogen functional groups attached to an aromatic ring is 1. The Kier molecular flexibility index (Phi) is 5.51. The lowest BCUT2D eigenvalue weighted by molar-refractivity contribution is -0.0725. The molecule has 0 radical (unpaired) electrons. The molecule has 0 spiro atoms. The number of anilines is 1. The molecule has 1 saturated carbocycles. The van der Waals surface area contributed by atoms with Crippen molar-refractivity contribution in [3.63, 3.8) is 0 Å². The third kappa shape index (κ3) is 3.90. The number of hydrogen-bond donors (Lipinski definition) is 1. The Hall–Kier alpha value is -1.62. The second-order valence-corrected chi connectivity index (χ2v) is 10.0. The maximum Gasteiger partial charge on any atom is 0.254 e. The Balaban J connectivity index is 1.36. The number of aromatic nitrogens is 1. The minimum absolute atomic E-state index is 0.148. The smallest absolute Gasteiger partial charge is 0.254 e. The van der Waals surface area contributed by atoms with Crippen LogP contribution in [0.1, 0.15) is 74.6 Å². The standard InChI is InChI=1S/C24H36N4O/c25-23-14-18(9-10-26-23)24(29)27-15-19-13-20(16-27)22(12-17-6-2-1-3-7-17)28-11-5-4-8-21(19)28/h9-10,14,17,19-22H,1-8,11-13,15-16H2,(H2,25,26)/t19-,20+,21+,22+/m1/s1. The molecular weight excluding hydrogens is 360 g/mol. The van der Waals surface area contributed by atoms with Crippen LogP contribution < -0.4 is 5.73 Å². The summed E-state index contributed by atoms with van der Waals surface area (Å²) in [5, 5.41) is 0. The fourth-order valence-corrected chi connectivity index (χ4v) is 6.93. The summed E-state index contributed by atoms with van der Waals surface area (Å²) >= 11 is 0. The number of nitrogens with two attached hydrogens (primary N) is 1. The number of carbonyl (C=O) groups is 1. The van der Waals surface area contributed by atoms with Gasteiger partial charge in [0.2, 0.25) is 0 Å². The quantitative estimate of drug-likeness (QED) is 0.840. The zero-order valence-electron chi connectivity index (χ0n) is 17.6. The minimum atomic E-state index is 0.148. The van der Waals surface area contributed by atoms with Crippen LogP contribution in [0, 0.1) is 17.8 Å². The summed E-state index contributed by atoms with van der Waals surface area (Å²) in [5.41, 5.74) is 6.54. The van der Waals surface area contributed by atoms with Gasteiger partial charge in [0.05, 0.1) is 0 Å². The Labute approximate surface area is 175 Å². The number of carbonyl (C=O) groups excluding carboxylic acids is 1. The van der Waals surface area contributed by atoms with Crippen molar-refractivity contribution in [3.8, 4) is 0 Å². The van der Waals surface area contributed by atoms with Crippen LogP contribution in [0.5, 0.6) is 0 Å². The Morgan fingerprint density at radius 3 is 2.69 bits per heavy atom. The molecule has 4 atom stereocenters. The first-order chi connectivity index (χ1) is 14.2. The number of likely N-dealkylation sites (tertiary alicyclic amines) is 1. The largest absolute Gasteiger partial charge is 0.384 e. The molecule has 2 N–H and O–H groups in total. The first kappa shape index (κ1) is 19.3. The zero-order valence-corrected chi connectivity index (χ0v) is 17.6. The molecule has 1 aliphatic carbocycles. The van der Waals surface area contributed by atoms with Crippen LogP contribution in [-0.4, -0.2) is 52.4 Å². The number of rotatable bonds is 3. The number of piperidine rings is 3. The van der Waals surface area contributed by atoms with Gasteiger partial charge in [0.1, 0.15) is 5.82 Å². The van der Waals surface area contributed by atoms with E-state index in [0.29, 0.717) is 35.3 Å². The van der Waals surface area contributed by atoms with E-state index in [4.69, 9.17) is 5.73 Å². The molecule has 4 aliphatic rings. The van der Waals surface area contributed by atoms with E-state index in [-0.39, 0.29) is 5.91 Å². The lowest BCUT2D eigenvalue weighted by Crippen LogP contribution is -2.64. The molecule has 2 bridgehead atoms. The van der Waals surface area contributed by atoms with E-state index < -0.39 is 0 Å². The van der Waals surface area contributed by atoms with E-state index in [1.165, 1.54) is 70.8 Å². The molecule has 1 amide bonds. The molecule has 5 rings (SSSR count). The maximum absolute atomic E-state index is 13.3. The van der Waals surface area contributed by atoms with Gasteiger partial charge in [-0.15, -0.1) is 0 Å². The lowest BCUT2D eigenvalue weighted by Gasteiger charge is -2.57. The topological polar surface area (TPSA) is 62.5 Å². The lowest BCUT2D eigenvalue weighted by atomic mass is 9.69. The molecular formula is C24H36N4O. The molecule has 1 aromatic heterocycles. The average Bonchev–Trinajstić information content (AvgIpc) is 2.77. The molecule has 5 heteroatoms. The van der Waals surface area contributed by atoms with Gasteiger partial charge in [-0.05, 0) is 62.1 Å². The van der Waals surface area contributed by atoms with Gasteiger partial charge in [-0.25, -0.2) is 4.98 Å². The van der Waals surface area contributed by atoms with E-state index in [0.717, 1.165) is 19.0 Å². The summed E-state index contributed by atoms with van der Waals surface area (Å²) in [7, 11) is 0. The van der Waals surface area contributed by atoms with Gasteiger partial charge in [-0.3, -0.25) is 9.69 Å². The van der Waals surface area contributed by atoms with Crippen LogP contribution in [0.4, 0.5) is 5.82 Å². The summed E-state index contributed by atoms with van der Waals surface area (Å²) in [6.07, 6.45) is 15.5. The van der Waals surface area contributed by atoms with Crippen molar-refractivity contribution in [2.45, 2.75) is 76.3 Å². The SMILES string of the molecule is Nc1cc(C(=O)N2C[C@H]3C[C@@H](C2)[C@H](CC2CCCCC2)N2CCCC[C@@H]32)ccn1. The van der Waals surface area contributed by atoms with Gasteiger partial charge in [0.25, 0.3) is 5.91 Å². The highest BCUT2D eigenvalue weighted by molar-refractivity contribution is 5.94. The van der Waals surface area contributed by atoms with Crippen LogP contribution >= 0.6 is 0 Å². The number of amides is 1. The van der Waals surface area contributed by atoms with Crippen molar-refractivity contribution < 1.29 is 4.79 Å². The second kappa shape index (κ2) is 8.25. The summed E-state index contributed by atoms with van der Waals surface area (Å²) in [6, 6.07) is 4.92. The van der Waals surface area contributed by atoms with E-state index >= 15 is 0 Å². The van der Waals surface area contributed by atoms with Crippen LogP contribution in [0.2, 0.25) is 0 Å². The molecule has 0 aromatic carbocycles. The Morgan fingerprint density at radius 1 is 1.07 bits per heavy atom. The third-order valence-electron chi connectivity index (χ3n) is 8.24. The van der Waals surface area contributed by atoms with Gasteiger partial charge in [-0.2, -0.15) is 0 Å². The highest BCUT2D eigenvalue weighted by Gasteiger charge is 2.48. The molecule has 3 saturated heterocycles. The van der Waals surface area contributed by atoms with E-state index in [1.807, 2.05) is 6.07 Å². The van der Waals surface area contributed by atoms with E-state index in [1.54, 1.807) is 12.3 Å². The van der Waals surface area contributed by atoms with Gasteiger partial charge in [0, 0.05) is 36.9 Å². The molecule has 29 heavy (non-hydrogen) atoms. The number of hydrogen-bond acceptors (Lipinski definition) is 4. The molecule has 4 fully saturated rings. The van der Waals surface area contributed by atoms with Crippen molar-refractivity contribution >= 4 is 11.7 Å². The van der Waals surface area contributed by atoms with Crippen molar-refractivity contribution in [3.05, 3.63) is 23.9 Å². The second-order valence-electron chi connectivity index (χ2n) is 10.0. The number of pyridine rings is 1. The molecule has 3 aliphatic heterocycles. The highest BCUT2D eigenvalue weighted by Crippen LogP contribution is 2.44. The predicted octanol–water partition coefficient (Wildman–Crippen LogP) is 3.95. The molecule has 0 unspecified atom stereocenters. The summed E-state index contributed by atoms with van der Waals surface area (Å²) < 4.78 is 0. The van der Waals surface area contributed by atoms with Gasteiger partial charge in [0.15, 0.2) is 0 Å². The Bertz CT molecular complexity index is 731. The highest BCUT2D eigenvalue weighted by atomic mass is 16.2. The van der Waals surface area contributed by atoms with Crippen molar-refractivity contribution in [2.75, 3.05) is 25.4 Å². The summed E-state index contributed by atoms with van der Waals surface area (Å²) in [4.78, 5) is 22.4. The number of fused-ring (bicyclic) bond motifs is 4. The normalized spacial score (nSPS) is 33.3. The zero-order chi connectivity index (χ0) is 19.8. The molecule has 5 nitrogen and oxygen atoms in total. The molecule has 4 heterocycles. The van der Waals surface area contributed by atoms with Gasteiger partial charge in [-0.1, -0.05) is 38.5 Å². The van der Waals surface area contributed by atoms with Crippen LogP contribution in [0.15, 0.2) is 18.3 Å². The first-order valence-corrected chi connectivity index (χ1v) is 12.0. The minimum Gasteiger partial charge on any atom is -0.384 e. The fourth-order valence-electron chi connectivity index (χ4n) is 6.93. The first-order valence-electron chi connectivity index (χ1n) is 12.0.